The number of ether oxygens (including phenoxy) is 1. The molecule has 1 aliphatic rings. The van der Waals surface area contributed by atoms with Crippen molar-refractivity contribution in [2.24, 2.45) is 5.92 Å². The second-order valence-electron chi connectivity index (χ2n) is 9.88. The molecule has 10 heteroatoms. The van der Waals surface area contributed by atoms with Gasteiger partial charge in [-0.15, -0.1) is 0 Å². The van der Waals surface area contributed by atoms with E-state index in [1.54, 1.807) is 41.3 Å². The van der Waals surface area contributed by atoms with E-state index >= 15 is 0 Å². The summed E-state index contributed by atoms with van der Waals surface area (Å²) in [5.41, 5.74) is 3.21. The van der Waals surface area contributed by atoms with Crippen molar-refractivity contribution in [2.45, 2.75) is 44.7 Å². The molecule has 0 atom stereocenters. The third kappa shape index (κ3) is 6.04. The van der Waals surface area contributed by atoms with Gasteiger partial charge >= 0.3 is 5.97 Å². The van der Waals surface area contributed by atoms with Crippen LogP contribution in [0.3, 0.4) is 0 Å². The fraction of sp³-hybridized carbons (Fsp3) is 0.310. The summed E-state index contributed by atoms with van der Waals surface area (Å²) in [6, 6.07) is 11.8. The highest BCUT2D eigenvalue weighted by Crippen LogP contribution is 2.29. The standard InChI is InChI=1S/C29H28ClFN4O4/c1-39-26-9-5-19(12-24(26)31)25-8-4-18(14-32-25)16-35-28-20(15-33-35)11-21(30)13-23(28)29(38)34-22-6-2-17(3-7-22)10-27(36)37/h4-5,8-9,11-15,17,22H,2-3,6-7,10,16H2,1H3,(H,34,38)(H,36,37). The van der Waals surface area contributed by atoms with Crippen LogP contribution in [0.25, 0.3) is 22.2 Å². The van der Waals surface area contributed by atoms with Gasteiger partial charge in [0.25, 0.3) is 5.91 Å². The molecule has 0 radical (unpaired) electrons. The van der Waals surface area contributed by atoms with E-state index in [0.717, 1.165) is 36.6 Å². The highest BCUT2D eigenvalue weighted by molar-refractivity contribution is 6.32. The maximum Gasteiger partial charge on any atom is 0.303 e. The minimum Gasteiger partial charge on any atom is -0.494 e. The van der Waals surface area contributed by atoms with Crippen molar-refractivity contribution in [3.8, 4) is 17.0 Å². The molecule has 1 amide bonds. The van der Waals surface area contributed by atoms with Crippen LogP contribution in [0.2, 0.25) is 5.02 Å². The molecule has 2 N–H and O–H groups in total. The van der Waals surface area contributed by atoms with Crippen LogP contribution < -0.4 is 10.1 Å². The number of nitrogens with one attached hydrogen (secondary N) is 1. The van der Waals surface area contributed by atoms with Gasteiger partial charge in [-0.05, 0) is 73.6 Å². The van der Waals surface area contributed by atoms with Crippen LogP contribution in [0.5, 0.6) is 5.75 Å². The van der Waals surface area contributed by atoms with Gasteiger partial charge in [0.15, 0.2) is 11.6 Å². The first-order chi connectivity index (χ1) is 18.8. The molecule has 5 rings (SSSR count). The highest BCUT2D eigenvalue weighted by Gasteiger charge is 2.25. The van der Waals surface area contributed by atoms with E-state index < -0.39 is 11.8 Å². The van der Waals surface area contributed by atoms with Crippen molar-refractivity contribution < 1.29 is 23.8 Å². The molecule has 39 heavy (non-hydrogen) atoms. The van der Waals surface area contributed by atoms with Crippen LogP contribution >= 0.6 is 11.6 Å². The number of rotatable bonds is 8. The summed E-state index contributed by atoms with van der Waals surface area (Å²) < 4.78 is 20.9. The van der Waals surface area contributed by atoms with Gasteiger partial charge in [-0.3, -0.25) is 19.3 Å². The van der Waals surface area contributed by atoms with Crippen LogP contribution in [0.1, 0.15) is 48.0 Å². The Hall–Kier alpha value is -3.98. The van der Waals surface area contributed by atoms with Crippen molar-refractivity contribution in [2.75, 3.05) is 7.11 Å². The van der Waals surface area contributed by atoms with Crippen LogP contribution in [-0.4, -0.2) is 44.9 Å². The number of carboxylic acids is 1. The van der Waals surface area contributed by atoms with Gasteiger partial charge in [-0.25, -0.2) is 4.39 Å². The fourth-order valence-electron chi connectivity index (χ4n) is 5.20. The number of methoxy groups -OCH3 is 1. The van der Waals surface area contributed by atoms with Crippen molar-refractivity contribution in [1.29, 1.82) is 0 Å². The minimum absolute atomic E-state index is 0.0208. The van der Waals surface area contributed by atoms with E-state index in [4.69, 9.17) is 21.4 Å². The number of hydrogen-bond acceptors (Lipinski definition) is 5. The molecule has 2 aromatic carbocycles. The number of aliphatic carboxylic acids is 1. The van der Waals surface area contributed by atoms with Crippen molar-refractivity contribution in [1.82, 2.24) is 20.1 Å². The van der Waals surface area contributed by atoms with Gasteiger partial charge in [-0.2, -0.15) is 5.10 Å². The maximum absolute atomic E-state index is 14.1. The number of carboxylic acid groups (broad SMARTS) is 1. The summed E-state index contributed by atoms with van der Waals surface area (Å²) in [4.78, 5) is 28.9. The summed E-state index contributed by atoms with van der Waals surface area (Å²) in [5.74, 6) is -1.15. The second kappa shape index (κ2) is 11.4. The molecule has 1 fully saturated rings. The second-order valence-corrected chi connectivity index (χ2v) is 10.3. The molecule has 2 heterocycles. The number of fused-ring (bicyclic) bond motifs is 1. The summed E-state index contributed by atoms with van der Waals surface area (Å²) in [7, 11) is 1.42. The van der Waals surface area contributed by atoms with Crippen LogP contribution in [0.4, 0.5) is 4.39 Å². The number of carbonyl (C=O) groups is 2. The summed E-state index contributed by atoms with van der Waals surface area (Å²) in [5, 5.41) is 17.8. The number of hydrogen-bond donors (Lipinski definition) is 2. The molecule has 0 aliphatic heterocycles. The number of amides is 1. The number of aromatic nitrogens is 3. The van der Waals surface area contributed by atoms with Crippen molar-refractivity contribution in [3.05, 3.63) is 76.8 Å². The molecule has 0 bridgehead atoms. The number of halogens is 2. The van der Waals surface area contributed by atoms with Crippen LogP contribution in [0, 0.1) is 11.7 Å². The fourth-order valence-corrected chi connectivity index (χ4v) is 5.42. The Morgan fingerprint density at radius 1 is 1.13 bits per heavy atom. The molecular formula is C29H28ClFN4O4. The summed E-state index contributed by atoms with van der Waals surface area (Å²) in [6.45, 7) is 0.371. The zero-order valence-electron chi connectivity index (χ0n) is 21.4. The van der Waals surface area contributed by atoms with Gasteiger partial charge < -0.3 is 15.2 Å². The zero-order chi connectivity index (χ0) is 27.5. The monoisotopic (exact) mass is 550 g/mol. The van der Waals surface area contributed by atoms with E-state index in [2.05, 4.69) is 15.4 Å². The van der Waals surface area contributed by atoms with Gasteiger partial charge in [0.05, 0.1) is 36.6 Å². The Balaban J connectivity index is 1.33. The number of benzene rings is 2. The molecule has 2 aromatic heterocycles. The largest absolute Gasteiger partial charge is 0.494 e. The van der Waals surface area contributed by atoms with Crippen LogP contribution in [-0.2, 0) is 11.3 Å². The Morgan fingerprint density at radius 2 is 1.92 bits per heavy atom. The Kier molecular flexibility index (Phi) is 7.79. The Labute approximate surface area is 229 Å². The third-order valence-electron chi connectivity index (χ3n) is 7.19. The summed E-state index contributed by atoms with van der Waals surface area (Å²) >= 11 is 6.34. The lowest BCUT2D eigenvalue weighted by atomic mass is 9.84. The van der Waals surface area contributed by atoms with Gasteiger partial charge in [0.2, 0.25) is 0 Å². The average Bonchev–Trinajstić information content (AvgIpc) is 3.31. The van der Waals surface area contributed by atoms with Gasteiger partial charge in [-0.1, -0.05) is 17.7 Å². The number of nitrogens with zero attached hydrogens (tertiary/aromatic N) is 3. The first-order valence-corrected chi connectivity index (χ1v) is 13.1. The van der Waals surface area contributed by atoms with Crippen LogP contribution in [0.15, 0.2) is 54.9 Å². The maximum atomic E-state index is 14.1. The predicted molar refractivity (Wildman–Crippen MR) is 145 cm³/mol. The quantitative estimate of drug-likeness (QED) is 0.291. The highest BCUT2D eigenvalue weighted by atomic mass is 35.5. The van der Waals surface area contributed by atoms with E-state index in [1.807, 2.05) is 12.1 Å². The van der Waals surface area contributed by atoms with Crippen molar-refractivity contribution >= 4 is 34.4 Å². The zero-order valence-corrected chi connectivity index (χ0v) is 22.1. The van der Waals surface area contributed by atoms with Gasteiger partial charge in [0, 0.05) is 34.6 Å². The Bertz CT molecular complexity index is 1510. The lowest BCUT2D eigenvalue weighted by molar-refractivity contribution is -0.138. The van der Waals surface area contributed by atoms with Gasteiger partial charge in [0.1, 0.15) is 0 Å². The van der Waals surface area contributed by atoms with E-state index in [-0.39, 0.29) is 30.0 Å². The van der Waals surface area contributed by atoms with E-state index in [9.17, 15) is 14.0 Å². The molecule has 0 unspecified atom stereocenters. The SMILES string of the molecule is COc1ccc(-c2ccc(Cn3ncc4cc(Cl)cc(C(=O)NC5CCC(CC(=O)O)CC5)c43)cn2)cc1F. The number of carbonyl (C=O) groups excluding carboxylic acids is 1. The van der Waals surface area contributed by atoms with E-state index in [1.165, 1.54) is 13.2 Å². The average molecular weight is 551 g/mol. The first kappa shape index (κ1) is 26.6. The normalized spacial score (nSPS) is 17.2. The lowest BCUT2D eigenvalue weighted by Gasteiger charge is -2.28. The molecular weight excluding hydrogens is 523 g/mol. The Morgan fingerprint density at radius 3 is 2.59 bits per heavy atom. The molecule has 0 spiro atoms. The molecule has 4 aromatic rings. The molecule has 1 aliphatic carbocycles. The molecule has 0 saturated heterocycles. The number of pyridine rings is 1. The topological polar surface area (TPSA) is 106 Å². The smallest absolute Gasteiger partial charge is 0.303 e. The summed E-state index contributed by atoms with van der Waals surface area (Å²) in [6.07, 6.45) is 6.57. The first-order valence-electron chi connectivity index (χ1n) is 12.8. The van der Waals surface area contributed by atoms with Crippen molar-refractivity contribution in [3.63, 3.8) is 0 Å². The third-order valence-corrected chi connectivity index (χ3v) is 7.41. The minimum atomic E-state index is -0.781. The molecule has 1 saturated carbocycles. The molecule has 202 valence electrons. The van der Waals surface area contributed by atoms with E-state index in [0.29, 0.717) is 33.9 Å². The molecule has 8 nitrogen and oxygen atoms in total. The predicted octanol–water partition coefficient (Wildman–Crippen LogP) is 5.71. The lowest BCUT2D eigenvalue weighted by Crippen LogP contribution is -2.38.